The quantitative estimate of drug-likeness (QED) is 0.359. The van der Waals surface area contributed by atoms with E-state index in [1.807, 2.05) is 47.2 Å². The number of hydrogen-bond donors (Lipinski definition) is 0. The van der Waals surface area contributed by atoms with Crippen molar-refractivity contribution >= 4 is 39.4 Å². The number of amides is 1. The number of fused-ring (bicyclic) bond motifs is 1. The molecule has 0 saturated heterocycles. The Balaban J connectivity index is 1.42. The van der Waals surface area contributed by atoms with E-state index in [2.05, 4.69) is 23.2 Å². The van der Waals surface area contributed by atoms with Crippen molar-refractivity contribution in [2.75, 3.05) is 20.3 Å². The SMILES string of the molecule is COCCN(Cc1csc(COc2cccc3ccccc23)n1)C(=O)c1cccs1. The standard InChI is InChI=1S/C23H22N2O3S2/c1-27-12-11-25(23(26)21-10-5-13-29-21)14-18-16-30-22(24-18)15-28-20-9-4-7-17-6-2-3-8-19(17)20/h2-10,13,16H,11-12,14-15H2,1H3. The highest BCUT2D eigenvalue weighted by molar-refractivity contribution is 7.12. The van der Waals surface area contributed by atoms with Gasteiger partial charge in [0.05, 0.1) is 23.7 Å². The molecule has 30 heavy (non-hydrogen) atoms. The van der Waals surface area contributed by atoms with E-state index in [9.17, 15) is 4.79 Å². The van der Waals surface area contributed by atoms with Gasteiger partial charge in [0, 0.05) is 24.4 Å². The molecular formula is C23H22N2O3S2. The molecule has 4 aromatic rings. The zero-order chi connectivity index (χ0) is 20.8. The van der Waals surface area contributed by atoms with Gasteiger partial charge in [-0.25, -0.2) is 4.98 Å². The van der Waals surface area contributed by atoms with Crippen LogP contribution in [0.2, 0.25) is 0 Å². The Kier molecular flexibility index (Phi) is 6.74. The van der Waals surface area contributed by atoms with Crippen molar-refractivity contribution in [2.45, 2.75) is 13.2 Å². The minimum atomic E-state index is 0.00334. The summed E-state index contributed by atoms with van der Waals surface area (Å²) in [6.07, 6.45) is 0. The lowest BCUT2D eigenvalue weighted by Crippen LogP contribution is -2.33. The van der Waals surface area contributed by atoms with Gasteiger partial charge < -0.3 is 14.4 Å². The van der Waals surface area contributed by atoms with Crippen LogP contribution in [0.1, 0.15) is 20.4 Å². The summed E-state index contributed by atoms with van der Waals surface area (Å²) in [5.41, 5.74) is 0.859. The number of ether oxygens (including phenoxy) is 2. The molecule has 1 amide bonds. The van der Waals surface area contributed by atoms with Crippen molar-refractivity contribution in [1.29, 1.82) is 0 Å². The topological polar surface area (TPSA) is 51.7 Å². The molecule has 2 aromatic carbocycles. The summed E-state index contributed by atoms with van der Waals surface area (Å²) in [6.45, 7) is 1.85. The number of aromatic nitrogens is 1. The minimum absolute atomic E-state index is 0.00334. The second-order valence-electron chi connectivity index (χ2n) is 6.70. The van der Waals surface area contributed by atoms with Crippen LogP contribution >= 0.6 is 22.7 Å². The highest BCUT2D eigenvalue weighted by Gasteiger charge is 2.18. The molecule has 0 aliphatic rings. The smallest absolute Gasteiger partial charge is 0.264 e. The Morgan fingerprint density at radius 3 is 2.77 bits per heavy atom. The van der Waals surface area contributed by atoms with Gasteiger partial charge in [-0.2, -0.15) is 0 Å². The molecule has 0 atom stereocenters. The van der Waals surface area contributed by atoms with E-state index in [-0.39, 0.29) is 5.91 Å². The van der Waals surface area contributed by atoms with Crippen LogP contribution in [0.4, 0.5) is 0 Å². The average Bonchev–Trinajstić information content (AvgIpc) is 3.47. The Morgan fingerprint density at radius 2 is 1.93 bits per heavy atom. The van der Waals surface area contributed by atoms with Gasteiger partial charge in [0.15, 0.2) is 0 Å². The van der Waals surface area contributed by atoms with E-state index in [0.29, 0.717) is 26.3 Å². The number of nitrogens with zero attached hydrogens (tertiary/aromatic N) is 2. The Hall–Kier alpha value is -2.74. The molecule has 0 bridgehead atoms. The second kappa shape index (κ2) is 9.84. The van der Waals surface area contributed by atoms with Crippen LogP contribution in [-0.2, 0) is 17.9 Å². The number of rotatable bonds is 9. The summed E-state index contributed by atoms with van der Waals surface area (Å²) < 4.78 is 11.2. The van der Waals surface area contributed by atoms with Crippen LogP contribution in [0.5, 0.6) is 5.75 Å². The van der Waals surface area contributed by atoms with Gasteiger partial charge in [-0.3, -0.25) is 4.79 Å². The van der Waals surface area contributed by atoms with E-state index in [0.717, 1.165) is 32.1 Å². The molecule has 2 heterocycles. The van der Waals surface area contributed by atoms with Crippen LogP contribution in [-0.4, -0.2) is 36.1 Å². The molecular weight excluding hydrogens is 416 g/mol. The molecule has 0 unspecified atom stereocenters. The lowest BCUT2D eigenvalue weighted by molar-refractivity contribution is 0.0683. The number of benzene rings is 2. The summed E-state index contributed by atoms with van der Waals surface area (Å²) >= 11 is 2.99. The molecule has 154 valence electrons. The van der Waals surface area contributed by atoms with E-state index >= 15 is 0 Å². The third-order valence-electron chi connectivity index (χ3n) is 4.64. The van der Waals surface area contributed by atoms with Gasteiger partial charge in [-0.15, -0.1) is 22.7 Å². The molecule has 0 aliphatic heterocycles. The molecule has 0 spiro atoms. The Bertz CT molecular complexity index is 1100. The maximum atomic E-state index is 12.8. The van der Waals surface area contributed by atoms with Crippen molar-refractivity contribution in [2.24, 2.45) is 0 Å². The molecule has 5 nitrogen and oxygen atoms in total. The summed E-state index contributed by atoms with van der Waals surface area (Å²) in [5, 5.41) is 7.02. The predicted octanol–water partition coefficient (Wildman–Crippen LogP) is 5.23. The number of thiazole rings is 1. The third kappa shape index (κ3) is 4.87. The monoisotopic (exact) mass is 438 g/mol. The number of carbonyl (C=O) groups excluding carboxylic acids is 1. The highest BCUT2D eigenvalue weighted by Crippen LogP contribution is 2.26. The molecule has 2 aromatic heterocycles. The van der Waals surface area contributed by atoms with Crippen LogP contribution in [0.3, 0.4) is 0 Å². The lowest BCUT2D eigenvalue weighted by Gasteiger charge is -2.20. The molecule has 0 radical (unpaired) electrons. The van der Waals surface area contributed by atoms with Gasteiger partial charge in [0.2, 0.25) is 0 Å². The van der Waals surface area contributed by atoms with Crippen molar-refractivity contribution < 1.29 is 14.3 Å². The fraction of sp³-hybridized carbons (Fsp3) is 0.217. The number of methoxy groups -OCH3 is 1. The summed E-state index contributed by atoms with van der Waals surface area (Å²) in [5.74, 6) is 0.850. The first-order valence-electron chi connectivity index (χ1n) is 9.60. The number of carbonyl (C=O) groups is 1. The average molecular weight is 439 g/mol. The predicted molar refractivity (Wildman–Crippen MR) is 121 cm³/mol. The van der Waals surface area contributed by atoms with Gasteiger partial charge >= 0.3 is 0 Å². The van der Waals surface area contributed by atoms with E-state index < -0.39 is 0 Å². The summed E-state index contributed by atoms with van der Waals surface area (Å²) in [4.78, 5) is 20.0. The van der Waals surface area contributed by atoms with Crippen LogP contribution in [0.15, 0.2) is 65.4 Å². The molecule has 7 heteroatoms. The van der Waals surface area contributed by atoms with Crippen molar-refractivity contribution in [3.8, 4) is 5.75 Å². The Morgan fingerprint density at radius 1 is 1.07 bits per heavy atom. The summed E-state index contributed by atoms with van der Waals surface area (Å²) in [7, 11) is 1.64. The van der Waals surface area contributed by atoms with Gasteiger partial charge in [-0.05, 0) is 22.9 Å². The van der Waals surface area contributed by atoms with E-state index in [4.69, 9.17) is 9.47 Å². The maximum absolute atomic E-state index is 12.8. The molecule has 0 aliphatic carbocycles. The minimum Gasteiger partial charge on any atom is -0.486 e. The van der Waals surface area contributed by atoms with Gasteiger partial charge in [-0.1, -0.05) is 42.5 Å². The molecule has 0 fully saturated rings. The summed E-state index contributed by atoms with van der Waals surface area (Å²) in [6, 6.07) is 17.9. The van der Waals surface area contributed by atoms with Crippen LogP contribution in [0.25, 0.3) is 10.8 Å². The molecule has 4 rings (SSSR count). The van der Waals surface area contributed by atoms with Crippen LogP contribution < -0.4 is 4.74 Å². The van der Waals surface area contributed by atoms with Crippen molar-refractivity contribution in [3.63, 3.8) is 0 Å². The van der Waals surface area contributed by atoms with Crippen LogP contribution in [0, 0.1) is 0 Å². The van der Waals surface area contributed by atoms with E-state index in [1.165, 1.54) is 11.3 Å². The first-order valence-corrected chi connectivity index (χ1v) is 11.4. The normalized spacial score (nSPS) is 11.0. The second-order valence-corrected chi connectivity index (χ2v) is 8.59. The first-order chi connectivity index (χ1) is 14.7. The van der Waals surface area contributed by atoms with Gasteiger partial charge in [0.1, 0.15) is 17.4 Å². The highest BCUT2D eigenvalue weighted by atomic mass is 32.1. The third-order valence-corrected chi connectivity index (χ3v) is 6.37. The fourth-order valence-corrected chi connectivity index (χ4v) is 4.54. The Labute approximate surface area is 183 Å². The zero-order valence-corrected chi connectivity index (χ0v) is 18.2. The van der Waals surface area contributed by atoms with E-state index in [1.54, 1.807) is 23.3 Å². The van der Waals surface area contributed by atoms with Crippen molar-refractivity contribution in [1.82, 2.24) is 9.88 Å². The number of thiophene rings is 1. The maximum Gasteiger partial charge on any atom is 0.264 e. The largest absolute Gasteiger partial charge is 0.486 e. The zero-order valence-electron chi connectivity index (χ0n) is 16.6. The molecule has 0 N–H and O–H groups in total. The fourth-order valence-electron chi connectivity index (χ4n) is 3.15. The van der Waals surface area contributed by atoms with Crippen molar-refractivity contribution in [3.05, 3.63) is 80.9 Å². The lowest BCUT2D eigenvalue weighted by atomic mass is 10.1. The molecule has 0 saturated carbocycles. The number of hydrogen-bond acceptors (Lipinski definition) is 6. The first kappa shape index (κ1) is 20.5. The van der Waals surface area contributed by atoms with Gasteiger partial charge in [0.25, 0.3) is 5.91 Å².